The van der Waals surface area contributed by atoms with E-state index in [1.54, 1.807) is 0 Å². The molecule has 1 aliphatic heterocycles. The lowest BCUT2D eigenvalue weighted by Crippen LogP contribution is -3.00. The third kappa shape index (κ3) is 0.816. The largest absolute Gasteiger partial charge is 0.464 e. The van der Waals surface area contributed by atoms with E-state index in [9.17, 15) is 4.79 Å². The number of ether oxygens (including phenoxy) is 1. The molecule has 0 aliphatic carbocycles. The maximum absolute atomic E-state index is 10.5. The minimum absolute atomic E-state index is 0.0139. The molecule has 0 aromatic rings. The molecule has 3 heteroatoms. The van der Waals surface area contributed by atoms with E-state index in [-0.39, 0.29) is 12.0 Å². The van der Waals surface area contributed by atoms with Crippen molar-refractivity contribution in [1.82, 2.24) is 0 Å². The van der Waals surface area contributed by atoms with Crippen LogP contribution >= 0.6 is 0 Å². The van der Waals surface area contributed by atoms with Gasteiger partial charge in [0.25, 0.3) is 0 Å². The highest BCUT2D eigenvalue weighted by Crippen LogP contribution is 1.92. The van der Waals surface area contributed by atoms with Gasteiger partial charge in [-0.1, -0.05) is 0 Å². The molecule has 0 aromatic carbocycles. The molecule has 1 atom stereocenters. The van der Waals surface area contributed by atoms with Crippen molar-refractivity contribution in [1.29, 1.82) is 0 Å². The average molecular weight is 115 g/mol. The van der Waals surface area contributed by atoms with Crippen molar-refractivity contribution in [3.8, 4) is 0 Å². The Hall–Kier alpha value is -0.570. The van der Waals surface area contributed by atoms with Gasteiger partial charge in [0.2, 0.25) is 6.04 Å². The highest BCUT2D eigenvalue weighted by Gasteiger charge is 2.34. The second-order valence-corrected chi connectivity index (χ2v) is 1.82. The monoisotopic (exact) mass is 115 g/mol. The Labute approximate surface area is 48.0 Å². The fourth-order valence-corrected chi connectivity index (χ4v) is 0.632. The van der Waals surface area contributed by atoms with E-state index in [1.165, 1.54) is 7.11 Å². The van der Waals surface area contributed by atoms with Crippen molar-refractivity contribution in [3.63, 3.8) is 0 Å². The molecule has 8 heavy (non-hydrogen) atoms. The molecule has 1 N–H and O–H groups in total. The first-order valence-electron chi connectivity index (χ1n) is 2.66. The van der Waals surface area contributed by atoms with Crippen LogP contribution in [-0.4, -0.2) is 25.7 Å². The number of hydrogen-bond donors (Lipinski definition) is 1. The minimum atomic E-state index is -0.142. The summed E-state index contributed by atoms with van der Waals surface area (Å²) in [4.78, 5) is 10.5. The minimum Gasteiger partial charge on any atom is -0.464 e. The standard InChI is InChI=1S/C5H9NO2/c1-8-5(7)4-2-3-6-4/h4,6H,2-3H2,1H3/q+1/t4-/m0/s1. The van der Waals surface area contributed by atoms with Crippen LogP contribution in [0.2, 0.25) is 0 Å². The zero-order chi connectivity index (χ0) is 5.98. The molecule has 0 bridgehead atoms. The van der Waals surface area contributed by atoms with Gasteiger partial charge < -0.3 is 4.74 Å². The molecule has 0 aromatic heterocycles. The molecule has 1 radical (unpaired) electrons. The van der Waals surface area contributed by atoms with E-state index in [2.05, 4.69) is 10.1 Å². The number of rotatable bonds is 1. The Balaban J connectivity index is 2.24. The highest BCUT2D eigenvalue weighted by molar-refractivity contribution is 5.74. The quantitative estimate of drug-likeness (QED) is 0.413. The zero-order valence-electron chi connectivity index (χ0n) is 4.81. The van der Waals surface area contributed by atoms with Crippen LogP contribution in [0.3, 0.4) is 0 Å². The highest BCUT2D eigenvalue weighted by atomic mass is 16.5. The number of nitrogens with one attached hydrogen (secondary N) is 1. The fourth-order valence-electron chi connectivity index (χ4n) is 0.632. The van der Waals surface area contributed by atoms with Crippen LogP contribution in [0.4, 0.5) is 0 Å². The summed E-state index contributed by atoms with van der Waals surface area (Å²) in [6.07, 6.45) is 0.923. The SMILES string of the molecule is COC(=O)[C@@H]1CC[NH+]1. The average Bonchev–Trinajstić information content (AvgIpc) is 1.62. The molecule has 0 amide bonds. The number of methoxy groups -OCH3 is 1. The van der Waals surface area contributed by atoms with E-state index < -0.39 is 0 Å². The number of carbonyl (C=O) groups excluding carboxylic acids is 1. The number of esters is 1. The van der Waals surface area contributed by atoms with Crippen molar-refractivity contribution in [2.24, 2.45) is 0 Å². The van der Waals surface area contributed by atoms with Crippen molar-refractivity contribution >= 4 is 5.97 Å². The second kappa shape index (κ2) is 2.13. The number of hydrogen-bond acceptors (Lipinski definition) is 3. The summed E-state index contributed by atoms with van der Waals surface area (Å²) in [7, 11) is 1.41. The van der Waals surface area contributed by atoms with Gasteiger partial charge in [0.1, 0.15) is 6.54 Å². The topological polar surface area (TPSA) is 41.9 Å². The molecule has 1 rings (SSSR count). The van der Waals surface area contributed by atoms with Gasteiger partial charge >= 0.3 is 5.97 Å². The van der Waals surface area contributed by atoms with Crippen LogP contribution in [0.1, 0.15) is 6.42 Å². The third-order valence-corrected chi connectivity index (χ3v) is 1.31. The van der Waals surface area contributed by atoms with E-state index in [1.807, 2.05) is 0 Å². The molecule has 3 nitrogen and oxygen atoms in total. The molecule has 0 unspecified atom stereocenters. The molecule has 1 aliphatic rings. The fraction of sp³-hybridized carbons (Fsp3) is 0.800. The summed E-state index contributed by atoms with van der Waals surface area (Å²) in [5, 5.41) is 2.92. The van der Waals surface area contributed by atoms with Crippen molar-refractivity contribution in [2.45, 2.75) is 12.5 Å². The first kappa shape index (κ1) is 5.56. The van der Waals surface area contributed by atoms with Gasteiger partial charge in [-0.3, -0.25) is 0 Å². The van der Waals surface area contributed by atoms with E-state index in [0.717, 1.165) is 13.0 Å². The van der Waals surface area contributed by atoms with Gasteiger partial charge in [-0.2, -0.15) is 5.32 Å². The van der Waals surface area contributed by atoms with E-state index in [4.69, 9.17) is 0 Å². The maximum Gasteiger partial charge on any atom is 0.369 e. The van der Waals surface area contributed by atoms with Crippen LogP contribution in [0, 0.1) is 0 Å². The molecule has 1 heterocycles. The van der Waals surface area contributed by atoms with Crippen LogP contribution in [0.15, 0.2) is 0 Å². The second-order valence-electron chi connectivity index (χ2n) is 1.82. The summed E-state index contributed by atoms with van der Waals surface area (Å²) in [5.74, 6) is -0.142. The van der Waals surface area contributed by atoms with Crippen molar-refractivity contribution in [2.75, 3.05) is 13.7 Å². The Morgan fingerprint density at radius 2 is 2.50 bits per heavy atom. The van der Waals surface area contributed by atoms with Gasteiger partial charge in [0, 0.05) is 0 Å². The molecular weight excluding hydrogens is 106 g/mol. The van der Waals surface area contributed by atoms with Gasteiger partial charge in [-0.25, -0.2) is 4.79 Å². The summed E-state index contributed by atoms with van der Waals surface area (Å²) >= 11 is 0. The van der Waals surface area contributed by atoms with Crippen molar-refractivity contribution < 1.29 is 14.8 Å². The molecule has 0 spiro atoms. The maximum atomic E-state index is 10.5. The summed E-state index contributed by atoms with van der Waals surface area (Å²) < 4.78 is 4.45. The lowest BCUT2D eigenvalue weighted by Gasteiger charge is -2.14. The predicted octanol–water partition coefficient (Wildman–Crippen LogP) is -1.72. The Morgan fingerprint density at radius 3 is 2.62 bits per heavy atom. The number of carbonyl (C=O) groups is 1. The van der Waals surface area contributed by atoms with Gasteiger partial charge in [-0.15, -0.1) is 0 Å². The van der Waals surface area contributed by atoms with Crippen molar-refractivity contribution in [3.05, 3.63) is 0 Å². The molecular formula is C5H9NO2+. The van der Waals surface area contributed by atoms with Crippen LogP contribution in [0.5, 0.6) is 0 Å². The third-order valence-electron chi connectivity index (χ3n) is 1.31. The molecule has 0 saturated carbocycles. The Bertz CT molecular complexity index is 98.6. The van der Waals surface area contributed by atoms with E-state index >= 15 is 0 Å². The smallest absolute Gasteiger partial charge is 0.369 e. The Kier molecular flexibility index (Phi) is 1.48. The van der Waals surface area contributed by atoms with Gasteiger partial charge in [-0.05, 0) is 0 Å². The van der Waals surface area contributed by atoms with Gasteiger partial charge in [0.05, 0.1) is 13.5 Å². The first-order chi connectivity index (χ1) is 3.84. The lowest BCUT2D eigenvalue weighted by molar-refractivity contribution is -0.730. The van der Waals surface area contributed by atoms with Crippen LogP contribution in [0.25, 0.3) is 0 Å². The molecule has 1 fully saturated rings. The zero-order valence-corrected chi connectivity index (χ0v) is 4.81. The lowest BCUT2D eigenvalue weighted by atomic mass is 10.1. The summed E-state index contributed by atoms with van der Waals surface area (Å²) in [6, 6.07) is -0.0139. The summed E-state index contributed by atoms with van der Waals surface area (Å²) in [5.41, 5.74) is 0. The van der Waals surface area contributed by atoms with Crippen LogP contribution in [-0.2, 0) is 9.53 Å². The normalized spacial score (nSPS) is 26.4. The predicted molar refractivity (Wildman–Crippen MR) is 26.3 cm³/mol. The molecule has 1 saturated heterocycles. The van der Waals surface area contributed by atoms with Gasteiger partial charge in [0.15, 0.2) is 0 Å². The van der Waals surface area contributed by atoms with E-state index in [0.29, 0.717) is 0 Å². The Morgan fingerprint density at radius 1 is 1.88 bits per heavy atom. The molecule has 45 valence electrons. The van der Waals surface area contributed by atoms with Crippen LogP contribution < -0.4 is 5.32 Å². The first-order valence-corrected chi connectivity index (χ1v) is 2.66. The summed E-state index contributed by atoms with van der Waals surface area (Å²) in [6.45, 7) is 0.944.